The second-order valence-corrected chi connectivity index (χ2v) is 4.44. The average molecular weight is 282 g/mol. The maximum atomic E-state index is 11.5. The van der Waals surface area contributed by atoms with Gasteiger partial charge in [0.15, 0.2) is 22.4 Å². The fourth-order valence-electron chi connectivity index (χ4n) is 1.29. The molecule has 0 aromatic carbocycles. The standard InChI is InChI=1S/C10H10N4O4S/c1-5(15)8-7(9(16)17-2)13-10(19-8)11-3-6-12-4-18-14-6/h4H,3H2,1-2H3,(H,11,13). The second kappa shape index (κ2) is 5.57. The van der Waals surface area contributed by atoms with E-state index in [2.05, 4.69) is 29.7 Å². The van der Waals surface area contributed by atoms with E-state index in [1.165, 1.54) is 20.4 Å². The number of carbonyl (C=O) groups is 2. The molecule has 2 aromatic rings. The lowest BCUT2D eigenvalue weighted by Crippen LogP contribution is -2.07. The molecule has 0 radical (unpaired) electrons. The van der Waals surface area contributed by atoms with Crippen molar-refractivity contribution in [1.82, 2.24) is 15.1 Å². The molecule has 2 rings (SSSR count). The second-order valence-electron chi connectivity index (χ2n) is 3.45. The van der Waals surface area contributed by atoms with Gasteiger partial charge in [0, 0.05) is 6.92 Å². The van der Waals surface area contributed by atoms with Crippen LogP contribution in [0.2, 0.25) is 0 Å². The Morgan fingerprint density at radius 1 is 1.53 bits per heavy atom. The number of esters is 1. The van der Waals surface area contributed by atoms with Gasteiger partial charge in [-0.25, -0.2) is 9.78 Å². The number of hydrogen-bond acceptors (Lipinski definition) is 9. The van der Waals surface area contributed by atoms with Gasteiger partial charge < -0.3 is 14.6 Å². The molecule has 8 nitrogen and oxygen atoms in total. The first kappa shape index (κ1) is 13.1. The smallest absolute Gasteiger partial charge is 0.358 e. The molecule has 2 heterocycles. The summed E-state index contributed by atoms with van der Waals surface area (Å²) in [6, 6.07) is 0. The normalized spacial score (nSPS) is 10.2. The number of carbonyl (C=O) groups excluding carboxylic acids is 2. The van der Waals surface area contributed by atoms with Crippen LogP contribution >= 0.6 is 11.3 Å². The van der Waals surface area contributed by atoms with Gasteiger partial charge >= 0.3 is 5.97 Å². The summed E-state index contributed by atoms with van der Waals surface area (Å²) in [5.74, 6) is -0.446. The third kappa shape index (κ3) is 2.94. The number of methoxy groups -OCH3 is 1. The van der Waals surface area contributed by atoms with E-state index in [0.717, 1.165) is 11.3 Å². The summed E-state index contributed by atoms with van der Waals surface area (Å²) in [6.07, 6.45) is 1.21. The van der Waals surface area contributed by atoms with Crippen molar-refractivity contribution in [3.05, 3.63) is 22.8 Å². The zero-order valence-corrected chi connectivity index (χ0v) is 11.0. The van der Waals surface area contributed by atoms with Gasteiger partial charge in [0.2, 0.25) is 6.39 Å². The van der Waals surface area contributed by atoms with Gasteiger partial charge in [-0.05, 0) is 0 Å². The van der Waals surface area contributed by atoms with Crippen LogP contribution in [-0.2, 0) is 11.3 Å². The number of rotatable bonds is 5. The SMILES string of the molecule is COC(=O)c1nc(NCc2ncon2)sc1C(C)=O. The summed E-state index contributed by atoms with van der Waals surface area (Å²) in [6.45, 7) is 1.64. The number of Topliss-reactive ketones (excluding diaryl/α,β-unsaturated/α-hetero) is 1. The Balaban J connectivity index is 2.17. The molecule has 0 saturated carbocycles. The number of ether oxygens (including phenoxy) is 1. The van der Waals surface area contributed by atoms with E-state index in [9.17, 15) is 9.59 Å². The van der Waals surface area contributed by atoms with Crippen molar-refractivity contribution in [2.24, 2.45) is 0 Å². The van der Waals surface area contributed by atoms with Crippen LogP contribution in [0.4, 0.5) is 5.13 Å². The summed E-state index contributed by atoms with van der Waals surface area (Å²) in [5.41, 5.74) is 0.00983. The van der Waals surface area contributed by atoms with E-state index in [-0.39, 0.29) is 22.9 Å². The Labute approximate surface area is 111 Å². The van der Waals surface area contributed by atoms with Gasteiger partial charge in [-0.3, -0.25) is 4.79 Å². The molecule has 100 valence electrons. The molecular formula is C10H10N4O4S. The van der Waals surface area contributed by atoms with Crippen molar-refractivity contribution in [3.63, 3.8) is 0 Å². The molecule has 19 heavy (non-hydrogen) atoms. The molecule has 0 amide bonds. The predicted octanol–water partition coefficient (Wildman–Crippen LogP) is 1.13. The lowest BCUT2D eigenvalue weighted by Gasteiger charge is -1.96. The predicted molar refractivity (Wildman–Crippen MR) is 65.1 cm³/mol. The number of nitrogens with zero attached hydrogens (tertiary/aromatic N) is 3. The molecule has 9 heteroatoms. The molecule has 1 N–H and O–H groups in total. The Bertz CT molecular complexity index is 593. The van der Waals surface area contributed by atoms with E-state index in [1.807, 2.05) is 0 Å². The minimum Gasteiger partial charge on any atom is -0.464 e. The summed E-state index contributed by atoms with van der Waals surface area (Å²) in [4.78, 5) is 31.0. The fourth-order valence-corrected chi connectivity index (χ4v) is 2.14. The number of thiazole rings is 1. The Hall–Kier alpha value is -2.29. The third-order valence-corrected chi connectivity index (χ3v) is 3.24. The maximum Gasteiger partial charge on any atom is 0.358 e. The monoisotopic (exact) mass is 282 g/mol. The number of ketones is 1. The lowest BCUT2D eigenvalue weighted by atomic mass is 10.3. The van der Waals surface area contributed by atoms with Gasteiger partial charge in [-0.1, -0.05) is 16.5 Å². The highest BCUT2D eigenvalue weighted by molar-refractivity contribution is 7.17. The van der Waals surface area contributed by atoms with Crippen LogP contribution in [0.1, 0.15) is 32.9 Å². The molecule has 0 bridgehead atoms. The van der Waals surface area contributed by atoms with Crippen LogP contribution in [-0.4, -0.2) is 34.0 Å². The molecule has 0 aliphatic rings. The van der Waals surface area contributed by atoms with E-state index in [4.69, 9.17) is 0 Å². The molecule has 0 atom stereocenters. The summed E-state index contributed by atoms with van der Waals surface area (Å²) >= 11 is 1.07. The fraction of sp³-hybridized carbons (Fsp3) is 0.300. The minimum atomic E-state index is -0.644. The molecule has 0 saturated heterocycles. The Morgan fingerprint density at radius 3 is 2.89 bits per heavy atom. The van der Waals surface area contributed by atoms with Gasteiger partial charge in [0.25, 0.3) is 0 Å². The molecule has 0 aliphatic carbocycles. The van der Waals surface area contributed by atoms with Crippen LogP contribution < -0.4 is 5.32 Å². The number of aromatic nitrogens is 3. The largest absolute Gasteiger partial charge is 0.464 e. The summed E-state index contributed by atoms with van der Waals surface area (Å²) < 4.78 is 9.16. The molecule has 0 unspecified atom stereocenters. The highest BCUT2D eigenvalue weighted by Crippen LogP contribution is 2.24. The van der Waals surface area contributed by atoms with E-state index >= 15 is 0 Å². The average Bonchev–Trinajstić information content (AvgIpc) is 3.04. The highest BCUT2D eigenvalue weighted by atomic mass is 32.1. The van der Waals surface area contributed by atoms with Crippen molar-refractivity contribution in [2.45, 2.75) is 13.5 Å². The third-order valence-electron chi connectivity index (χ3n) is 2.13. The Morgan fingerprint density at radius 2 is 2.32 bits per heavy atom. The van der Waals surface area contributed by atoms with Crippen molar-refractivity contribution in [2.75, 3.05) is 12.4 Å². The van der Waals surface area contributed by atoms with Gasteiger partial charge in [-0.15, -0.1) is 0 Å². The Kier molecular flexibility index (Phi) is 3.85. The summed E-state index contributed by atoms with van der Waals surface area (Å²) in [5, 5.41) is 6.93. The van der Waals surface area contributed by atoms with Crippen LogP contribution in [0.5, 0.6) is 0 Å². The molecule has 2 aromatic heterocycles. The van der Waals surface area contributed by atoms with Crippen molar-refractivity contribution in [3.8, 4) is 0 Å². The number of anilines is 1. The minimum absolute atomic E-state index is 0.00983. The van der Waals surface area contributed by atoms with Gasteiger partial charge in [-0.2, -0.15) is 4.98 Å². The summed E-state index contributed by atoms with van der Waals surface area (Å²) in [7, 11) is 1.23. The molecule has 0 fully saturated rings. The quantitative estimate of drug-likeness (QED) is 0.642. The maximum absolute atomic E-state index is 11.5. The first-order chi connectivity index (χ1) is 9.11. The lowest BCUT2D eigenvalue weighted by molar-refractivity contribution is 0.0591. The van der Waals surface area contributed by atoms with Crippen LogP contribution in [0.15, 0.2) is 10.9 Å². The van der Waals surface area contributed by atoms with E-state index in [0.29, 0.717) is 11.0 Å². The molecular weight excluding hydrogens is 272 g/mol. The number of hydrogen-bond donors (Lipinski definition) is 1. The van der Waals surface area contributed by atoms with E-state index in [1.54, 1.807) is 0 Å². The zero-order valence-electron chi connectivity index (χ0n) is 10.2. The zero-order chi connectivity index (χ0) is 13.8. The van der Waals surface area contributed by atoms with Crippen LogP contribution in [0, 0.1) is 0 Å². The highest BCUT2D eigenvalue weighted by Gasteiger charge is 2.21. The topological polar surface area (TPSA) is 107 Å². The number of nitrogens with one attached hydrogen (secondary N) is 1. The van der Waals surface area contributed by atoms with Crippen molar-refractivity contribution < 1.29 is 18.8 Å². The molecule has 0 aliphatic heterocycles. The van der Waals surface area contributed by atoms with E-state index < -0.39 is 5.97 Å². The van der Waals surface area contributed by atoms with Crippen LogP contribution in [0.3, 0.4) is 0 Å². The van der Waals surface area contributed by atoms with Gasteiger partial charge in [0.1, 0.15) is 4.88 Å². The van der Waals surface area contributed by atoms with Crippen molar-refractivity contribution in [1.29, 1.82) is 0 Å². The first-order valence-corrected chi connectivity index (χ1v) is 6.02. The van der Waals surface area contributed by atoms with Crippen LogP contribution in [0.25, 0.3) is 0 Å². The van der Waals surface area contributed by atoms with Gasteiger partial charge in [0.05, 0.1) is 13.7 Å². The van der Waals surface area contributed by atoms with Crippen molar-refractivity contribution >= 4 is 28.2 Å². The first-order valence-electron chi connectivity index (χ1n) is 5.21. The molecule has 0 spiro atoms.